The first-order chi connectivity index (χ1) is 14.1. The lowest BCUT2D eigenvalue weighted by Gasteiger charge is -2.12. The van der Waals surface area contributed by atoms with E-state index in [1.54, 1.807) is 18.0 Å². The van der Waals surface area contributed by atoms with E-state index in [4.69, 9.17) is 0 Å². The summed E-state index contributed by atoms with van der Waals surface area (Å²) < 4.78 is 2.08. The second-order valence-corrected chi connectivity index (χ2v) is 9.40. The van der Waals surface area contributed by atoms with Gasteiger partial charge in [0.25, 0.3) is 11.1 Å². The van der Waals surface area contributed by atoms with Crippen LogP contribution in [0.5, 0.6) is 0 Å². The average molecular weight is 432 g/mol. The average Bonchev–Trinajstić information content (AvgIpc) is 3.30. The normalized spacial score (nSPS) is 16.3. The summed E-state index contributed by atoms with van der Waals surface area (Å²) >= 11 is 2.90. The molecule has 1 fully saturated rings. The Hall–Kier alpha value is -1.73. The van der Waals surface area contributed by atoms with Gasteiger partial charge in [-0.25, -0.2) is 4.98 Å². The third kappa shape index (κ3) is 5.66. The summed E-state index contributed by atoms with van der Waals surface area (Å²) in [6, 6.07) is 6.09. The summed E-state index contributed by atoms with van der Waals surface area (Å²) in [4.78, 5) is 31.3. The molecule has 2 aromatic heterocycles. The van der Waals surface area contributed by atoms with E-state index in [-0.39, 0.29) is 11.1 Å². The number of hydrogen-bond donors (Lipinski definition) is 0. The molecule has 156 valence electrons. The van der Waals surface area contributed by atoms with E-state index >= 15 is 0 Å². The number of rotatable bonds is 11. The summed E-state index contributed by atoms with van der Waals surface area (Å²) in [5, 5.41) is 1.04. The molecule has 1 saturated heterocycles. The molecule has 0 aliphatic carbocycles. The van der Waals surface area contributed by atoms with Gasteiger partial charge in [0.2, 0.25) is 0 Å². The molecular weight excluding hydrogens is 402 g/mol. The summed E-state index contributed by atoms with van der Waals surface area (Å²) in [5.41, 5.74) is 2.01. The van der Waals surface area contributed by atoms with Crippen molar-refractivity contribution in [2.24, 2.45) is 0 Å². The van der Waals surface area contributed by atoms with Gasteiger partial charge in [0.05, 0.1) is 9.93 Å². The molecule has 3 heterocycles. The van der Waals surface area contributed by atoms with E-state index < -0.39 is 0 Å². The number of amides is 2. The minimum absolute atomic E-state index is 0.0937. The molecule has 1 aliphatic heterocycles. The van der Waals surface area contributed by atoms with Gasteiger partial charge in [-0.3, -0.25) is 18.9 Å². The molecule has 0 radical (unpaired) electrons. The summed E-state index contributed by atoms with van der Waals surface area (Å²) in [6.45, 7) is 4.69. The van der Waals surface area contributed by atoms with Crippen molar-refractivity contribution in [3.63, 3.8) is 0 Å². The number of imidazole rings is 1. The molecule has 2 aromatic rings. The largest absolute Gasteiger partial charge is 0.294 e. The molecule has 0 atom stereocenters. The van der Waals surface area contributed by atoms with Crippen molar-refractivity contribution >= 4 is 40.3 Å². The molecule has 0 aromatic carbocycles. The van der Waals surface area contributed by atoms with Crippen molar-refractivity contribution in [1.29, 1.82) is 0 Å². The number of allylic oxidation sites excluding steroid dienone is 1. The second kappa shape index (κ2) is 10.9. The molecule has 0 spiro atoms. The number of carbonyl (C=O) groups is 2. The van der Waals surface area contributed by atoms with Crippen molar-refractivity contribution in [1.82, 2.24) is 14.3 Å². The van der Waals surface area contributed by atoms with Crippen LogP contribution in [0.15, 0.2) is 46.1 Å². The Morgan fingerprint density at radius 2 is 2.00 bits per heavy atom. The van der Waals surface area contributed by atoms with E-state index in [0.717, 1.165) is 59.4 Å². The minimum Gasteiger partial charge on any atom is -0.294 e. The number of nitrogens with zero attached hydrogens (tertiary/aromatic N) is 3. The van der Waals surface area contributed by atoms with Gasteiger partial charge in [-0.1, -0.05) is 37.8 Å². The third-order valence-electron chi connectivity index (χ3n) is 5.06. The Labute approximate surface area is 181 Å². The smallest absolute Gasteiger partial charge is 0.293 e. The number of thioether (sulfide) groups is 2. The molecule has 1 aliphatic rings. The minimum atomic E-state index is -0.117. The van der Waals surface area contributed by atoms with Crippen LogP contribution in [0.3, 0.4) is 0 Å². The van der Waals surface area contributed by atoms with Crippen molar-refractivity contribution in [2.75, 3.05) is 12.3 Å². The van der Waals surface area contributed by atoms with E-state index in [9.17, 15) is 9.59 Å². The molecule has 0 bridgehead atoms. The fourth-order valence-electron chi connectivity index (χ4n) is 3.37. The highest BCUT2D eigenvalue weighted by molar-refractivity contribution is 8.18. The van der Waals surface area contributed by atoms with Crippen LogP contribution in [0.4, 0.5) is 4.79 Å². The van der Waals surface area contributed by atoms with E-state index in [0.29, 0.717) is 11.4 Å². The lowest BCUT2D eigenvalue weighted by molar-refractivity contribution is -0.122. The molecule has 2 amide bonds. The Morgan fingerprint density at radius 3 is 2.83 bits per heavy atom. The van der Waals surface area contributed by atoms with Gasteiger partial charge in [-0.15, -0.1) is 11.8 Å². The number of fused-ring (bicyclic) bond motifs is 1. The molecule has 0 unspecified atom stereocenters. The van der Waals surface area contributed by atoms with E-state index in [1.165, 1.54) is 24.2 Å². The van der Waals surface area contributed by atoms with Crippen molar-refractivity contribution < 1.29 is 9.59 Å². The van der Waals surface area contributed by atoms with Gasteiger partial charge >= 0.3 is 0 Å². The monoisotopic (exact) mass is 431 g/mol. The van der Waals surface area contributed by atoms with Crippen LogP contribution < -0.4 is 0 Å². The van der Waals surface area contributed by atoms with Gasteiger partial charge in [-0.2, -0.15) is 0 Å². The number of aromatic nitrogens is 2. The standard InChI is InChI=1S/C22H29N3O2S2/c1-3-4-5-6-10-17(2)20-21(26)25(22(27)29-20)14-7-8-16-28-19-12-9-11-18-23-13-15-24(18)19/h9,11-13,15H,3-8,10,14,16H2,1-2H3. The number of unbranched alkanes of at least 4 members (excludes halogenated alkanes) is 4. The predicted molar refractivity (Wildman–Crippen MR) is 121 cm³/mol. The quantitative estimate of drug-likeness (QED) is 0.243. The van der Waals surface area contributed by atoms with Crippen LogP contribution in [-0.2, 0) is 4.79 Å². The van der Waals surface area contributed by atoms with E-state index in [1.807, 2.05) is 25.3 Å². The zero-order chi connectivity index (χ0) is 20.6. The summed E-state index contributed by atoms with van der Waals surface area (Å²) in [6.07, 6.45) is 11.2. The first-order valence-electron chi connectivity index (χ1n) is 10.4. The Kier molecular flexibility index (Phi) is 8.24. The maximum atomic E-state index is 12.7. The third-order valence-corrected chi connectivity index (χ3v) is 7.30. The Morgan fingerprint density at radius 1 is 1.14 bits per heavy atom. The van der Waals surface area contributed by atoms with Crippen molar-refractivity contribution in [2.45, 2.75) is 63.8 Å². The molecule has 29 heavy (non-hydrogen) atoms. The molecule has 0 N–H and O–H groups in total. The van der Waals surface area contributed by atoms with E-state index in [2.05, 4.69) is 22.4 Å². The first-order valence-corrected chi connectivity index (χ1v) is 12.2. The van der Waals surface area contributed by atoms with Gasteiger partial charge in [0.15, 0.2) is 0 Å². The van der Waals surface area contributed by atoms with Gasteiger partial charge in [0.1, 0.15) is 5.65 Å². The zero-order valence-electron chi connectivity index (χ0n) is 17.2. The second-order valence-electron chi connectivity index (χ2n) is 7.32. The fraction of sp³-hybridized carbons (Fsp3) is 0.500. The number of carbonyl (C=O) groups excluding carboxylic acids is 2. The van der Waals surface area contributed by atoms with Gasteiger partial charge < -0.3 is 0 Å². The highest BCUT2D eigenvalue weighted by atomic mass is 32.2. The van der Waals surface area contributed by atoms with Crippen LogP contribution in [-0.4, -0.2) is 37.7 Å². The lowest BCUT2D eigenvalue weighted by Crippen LogP contribution is -2.29. The lowest BCUT2D eigenvalue weighted by atomic mass is 10.1. The van der Waals surface area contributed by atoms with Crippen LogP contribution in [0, 0.1) is 0 Å². The number of imide groups is 1. The van der Waals surface area contributed by atoms with Crippen molar-refractivity contribution in [3.8, 4) is 0 Å². The Balaban J connectivity index is 1.44. The fourth-order valence-corrected chi connectivity index (χ4v) is 5.33. The van der Waals surface area contributed by atoms with Crippen LogP contribution in [0.1, 0.15) is 58.8 Å². The maximum Gasteiger partial charge on any atom is 0.293 e. The highest BCUT2D eigenvalue weighted by Gasteiger charge is 2.35. The van der Waals surface area contributed by atoms with Gasteiger partial charge in [0, 0.05) is 18.9 Å². The highest BCUT2D eigenvalue weighted by Crippen LogP contribution is 2.34. The Bertz CT molecular complexity index is 891. The van der Waals surface area contributed by atoms with Crippen LogP contribution >= 0.6 is 23.5 Å². The van der Waals surface area contributed by atoms with Crippen molar-refractivity contribution in [3.05, 3.63) is 41.1 Å². The molecular formula is C22H29N3O2S2. The zero-order valence-corrected chi connectivity index (χ0v) is 18.9. The summed E-state index contributed by atoms with van der Waals surface area (Å²) in [7, 11) is 0. The molecule has 0 saturated carbocycles. The van der Waals surface area contributed by atoms with Crippen LogP contribution in [0.25, 0.3) is 5.65 Å². The molecule has 3 rings (SSSR count). The SMILES string of the molecule is CCCCCCC(C)=C1SC(=O)N(CCCCSc2cccc3nccn23)C1=O. The maximum absolute atomic E-state index is 12.7. The molecule has 7 heteroatoms. The predicted octanol–water partition coefficient (Wildman–Crippen LogP) is 6.15. The number of pyridine rings is 1. The van der Waals surface area contributed by atoms with Crippen LogP contribution in [0.2, 0.25) is 0 Å². The first kappa shape index (κ1) is 22.0. The summed E-state index contributed by atoms with van der Waals surface area (Å²) in [5.74, 6) is 0.851. The number of hydrogen-bond acceptors (Lipinski definition) is 5. The van der Waals surface area contributed by atoms with Gasteiger partial charge in [-0.05, 0) is 62.3 Å². The molecule has 5 nitrogen and oxygen atoms in total. The topological polar surface area (TPSA) is 54.7 Å².